The SMILES string of the molecule is N.N#COC(=O)O. The van der Waals surface area contributed by atoms with Crippen LogP contribution in [0.5, 0.6) is 0 Å². The van der Waals surface area contributed by atoms with Crippen LogP contribution in [0.4, 0.5) is 4.79 Å². The Bertz CT molecular complexity index is 93.6. The standard InChI is InChI=1S/C2HNO3.H3N/c3-1-6-2(4)5;/h(H,4,5);1H3. The zero-order chi connectivity index (χ0) is 4.99. The maximum absolute atomic E-state index is 9.15. The Hall–Kier alpha value is -1.28. The van der Waals surface area contributed by atoms with Crippen LogP contribution in [0.3, 0.4) is 0 Å². The number of hydrogen-bond donors (Lipinski definition) is 2. The molecule has 0 aliphatic heterocycles. The van der Waals surface area contributed by atoms with Crippen LogP contribution in [0.25, 0.3) is 0 Å². The number of hydrogen-bond acceptors (Lipinski definition) is 4. The Morgan fingerprint density at radius 1 is 1.86 bits per heavy atom. The number of rotatable bonds is 0. The lowest BCUT2D eigenvalue weighted by Gasteiger charge is -1.73. The van der Waals surface area contributed by atoms with E-state index in [1.54, 1.807) is 0 Å². The van der Waals surface area contributed by atoms with Crippen molar-refractivity contribution in [3.8, 4) is 6.26 Å². The monoisotopic (exact) mass is 104 g/mol. The van der Waals surface area contributed by atoms with Crippen molar-refractivity contribution in [1.82, 2.24) is 6.15 Å². The molecule has 0 unspecified atom stereocenters. The van der Waals surface area contributed by atoms with Gasteiger partial charge < -0.3 is 16.0 Å². The van der Waals surface area contributed by atoms with E-state index in [0.29, 0.717) is 0 Å². The number of carboxylic acid groups (broad SMARTS) is 1. The second-order valence-corrected chi connectivity index (χ2v) is 0.459. The molecule has 0 amide bonds. The van der Waals surface area contributed by atoms with E-state index < -0.39 is 6.16 Å². The fourth-order valence-corrected chi connectivity index (χ4v) is 0.0390. The highest BCUT2D eigenvalue weighted by atomic mass is 16.7. The Kier molecular flexibility index (Phi) is 6.21. The van der Waals surface area contributed by atoms with Gasteiger partial charge in [0.1, 0.15) is 0 Å². The van der Waals surface area contributed by atoms with E-state index in [-0.39, 0.29) is 6.15 Å². The molecule has 0 aromatic carbocycles. The molecule has 0 spiro atoms. The van der Waals surface area contributed by atoms with Crippen LogP contribution >= 0.6 is 0 Å². The minimum Gasteiger partial charge on any atom is -0.449 e. The van der Waals surface area contributed by atoms with Crippen LogP contribution in [-0.4, -0.2) is 11.3 Å². The molecule has 0 bridgehead atoms. The highest BCUT2D eigenvalue weighted by Gasteiger charge is 1.87. The van der Waals surface area contributed by atoms with Gasteiger partial charge in [-0.25, -0.2) is 4.79 Å². The molecule has 40 valence electrons. The molecule has 0 aromatic heterocycles. The van der Waals surface area contributed by atoms with Gasteiger partial charge in [-0.1, -0.05) is 0 Å². The smallest absolute Gasteiger partial charge is 0.449 e. The van der Waals surface area contributed by atoms with E-state index in [4.69, 9.17) is 15.2 Å². The summed E-state index contributed by atoms with van der Waals surface area (Å²) in [6, 6.07) is 0. The van der Waals surface area contributed by atoms with Crippen LogP contribution in [-0.2, 0) is 4.74 Å². The maximum atomic E-state index is 9.15. The zero-order valence-electron chi connectivity index (χ0n) is 3.42. The predicted molar refractivity (Wildman–Crippen MR) is 19.7 cm³/mol. The number of carbonyl (C=O) groups is 1. The maximum Gasteiger partial charge on any atom is 0.521 e. The summed E-state index contributed by atoms with van der Waals surface area (Å²) in [5.41, 5.74) is 0. The van der Waals surface area contributed by atoms with Gasteiger partial charge in [-0.2, -0.15) is 0 Å². The topological polar surface area (TPSA) is 105 Å². The summed E-state index contributed by atoms with van der Waals surface area (Å²) in [5.74, 6) is 0. The Labute approximate surface area is 39.7 Å². The molecule has 0 radical (unpaired) electrons. The van der Waals surface area contributed by atoms with E-state index in [1.807, 2.05) is 0 Å². The molecule has 5 nitrogen and oxygen atoms in total. The first-order chi connectivity index (χ1) is 2.77. The first-order valence-electron chi connectivity index (χ1n) is 1.06. The summed E-state index contributed by atoms with van der Waals surface area (Å²) in [4.78, 5) is 9.15. The van der Waals surface area contributed by atoms with E-state index in [0.717, 1.165) is 6.26 Å². The molecule has 0 aliphatic carbocycles. The molecule has 0 rings (SSSR count). The summed E-state index contributed by atoms with van der Waals surface area (Å²) in [7, 11) is 0. The van der Waals surface area contributed by atoms with Crippen molar-refractivity contribution in [2.45, 2.75) is 0 Å². The fraction of sp³-hybridized carbons (Fsp3) is 0. The Morgan fingerprint density at radius 2 is 2.29 bits per heavy atom. The van der Waals surface area contributed by atoms with Gasteiger partial charge in [0.25, 0.3) is 6.26 Å². The highest BCUT2D eigenvalue weighted by molar-refractivity contribution is 5.57. The summed E-state index contributed by atoms with van der Waals surface area (Å²) < 4.78 is 3.26. The molecule has 0 atom stereocenters. The van der Waals surface area contributed by atoms with Crippen LogP contribution in [0.1, 0.15) is 0 Å². The number of nitrogens with zero attached hydrogens (tertiary/aromatic N) is 1. The van der Waals surface area contributed by atoms with Gasteiger partial charge in [0.05, 0.1) is 0 Å². The third-order valence-corrected chi connectivity index (χ3v) is 0.133. The van der Waals surface area contributed by atoms with Crippen LogP contribution in [0.15, 0.2) is 0 Å². The van der Waals surface area contributed by atoms with Crippen molar-refractivity contribution in [2.75, 3.05) is 0 Å². The molecular formula is C2H4N2O3. The molecule has 0 aromatic rings. The zero-order valence-corrected chi connectivity index (χ0v) is 3.42. The van der Waals surface area contributed by atoms with Crippen LogP contribution < -0.4 is 6.15 Å². The average Bonchev–Trinajstić information content (AvgIpc) is 1.35. The summed E-state index contributed by atoms with van der Waals surface area (Å²) >= 11 is 0. The molecule has 4 N–H and O–H groups in total. The van der Waals surface area contributed by atoms with E-state index in [2.05, 4.69) is 4.74 Å². The highest BCUT2D eigenvalue weighted by Crippen LogP contribution is 1.65. The second-order valence-electron chi connectivity index (χ2n) is 0.459. The molecule has 5 heteroatoms. The van der Waals surface area contributed by atoms with E-state index >= 15 is 0 Å². The first kappa shape index (κ1) is 9.21. The Morgan fingerprint density at radius 3 is 2.29 bits per heavy atom. The number of ether oxygens (including phenoxy) is 1. The van der Waals surface area contributed by atoms with E-state index in [9.17, 15) is 0 Å². The van der Waals surface area contributed by atoms with Crippen molar-refractivity contribution >= 4 is 6.16 Å². The van der Waals surface area contributed by atoms with Gasteiger partial charge in [0, 0.05) is 0 Å². The van der Waals surface area contributed by atoms with Crippen molar-refractivity contribution in [3.63, 3.8) is 0 Å². The molecule has 7 heavy (non-hydrogen) atoms. The lowest BCUT2D eigenvalue weighted by atomic mass is 11.3. The molecule has 0 aliphatic rings. The van der Waals surface area contributed by atoms with Crippen LogP contribution in [0.2, 0.25) is 0 Å². The molecular weight excluding hydrogens is 100 g/mol. The summed E-state index contributed by atoms with van der Waals surface area (Å²) in [6.45, 7) is 0. The first-order valence-corrected chi connectivity index (χ1v) is 1.06. The van der Waals surface area contributed by atoms with Gasteiger partial charge >= 0.3 is 6.16 Å². The third-order valence-electron chi connectivity index (χ3n) is 0.133. The van der Waals surface area contributed by atoms with Gasteiger partial charge in [-0.15, -0.1) is 5.26 Å². The average molecular weight is 104 g/mol. The lowest BCUT2D eigenvalue weighted by molar-refractivity contribution is 0.133. The number of nitriles is 1. The predicted octanol–water partition coefficient (Wildman–Crippen LogP) is 0.324. The van der Waals surface area contributed by atoms with Gasteiger partial charge in [0.15, 0.2) is 0 Å². The van der Waals surface area contributed by atoms with Gasteiger partial charge in [-0.05, 0) is 0 Å². The van der Waals surface area contributed by atoms with E-state index in [1.165, 1.54) is 0 Å². The van der Waals surface area contributed by atoms with Crippen molar-refractivity contribution in [1.29, 1.82) is 5.26 Å². The van der Waals surface area contributed by atoms with Crippen molar-refractivity contribution in [2.24, 2.45) is 0 Å². The molecule has 0 saturated carbocycles. The second kappa shape index (κ2) is 4.72. The molecule has 0 heterocycles. The van der Waals surface area contributed by atoms with Gasteiger partial charge in [-0.3, -0.25) is 0 Å². The van der Waals surface area contributed by atoms with Crippen molar-refractivity contribution in [3.05, 3.63) is 0 Å². The van der Waals surface area contributed by atoms with Crippen molar-refractivity contribution < 1.29 is 14.6 Å². The fourth-order valence-electron chi connectivity index (χ4n) is 0.0390. The summed E-state index contributed by atoms with van der Waals surface area (Å²) in [5, 5.41) is 14.9. The molecule has 0 fully saturated rings. The normalized spacial score (nSPS) is 5.00. The largest absolute Gasteiger partial charge is 0.521 e. The summed E-state index contributed by atoms with van der Waals surface area (Å²) in [6.07, 6.45) is -0.604. The minimum atomic E-state index is -1.57. The molecule has 0 saturated heterocycles. The van der Waals surface area contributed by atoms with Gasteiger partial charge in [0.2, 0.25) is 0 Å². The lowest BCUT2D eigenvalue weighted by Crippen LogP contribution is -1.90. The Balaban J connectivity index is 0. The van der Waals surface area contributed by atoms with Crippen LogP contribution in [0, 0.1) is 11.5 Å². The quantitative estimate of drug-likeness (QED) is 0.340. The third kappa shape index (κ3) is 11.8. The minimum absolute atomic E-state index is 0.